The molecule has 55 heteroatoms. The van der Waals surface area contributed by atoms with Crippen LogP contribution in [-0.2, 0) is 44.8 Å². The number of fused-ring (bicyclic) bond motifs is 4. The minimum atomic E-state index is -4.22. The van der Waals surface area contributed by atoms with Gasteiger partial charge in [-0.3, -0.25) is 33.6 Å². The van der Waals surface area contributed by atoms with Gasteiger partial charge in [-0.25, -0.2) is 9.97 Å². The van der Waals surface area contributed by atoms with Crippen molar-refractivity contribution in [3.8, 4) is 0 Å². The SMILES string of the molecule is Cl.FC(F)(F)CCCn1c(CCl)nc2cc(Cl)ccc21.O=C1CN(C2CC2)c2ccncc2N1.O=C1CN(C2CC2)c2ccncc2N1Cc1nc2cc(Cl)ccc2n1CCCC(F)(F)F.O=CO[O-].PPP(P)P(P(P(P)P)P(P)P)P(P(P(P)P)P(P)P)P(P(P)P)P(P)P.[2H]CF.[Cs+].[Cs+].[H-]. The number of carbonyl (C=O) groups excluding carboxylic acids is 3. The van der Waals surface area contributed by atoms with Crippen molar-refractivity contribution < 1.29 is 196 Å². The van der Waals surface area contributed by atoms with Crippen molar-refractivity contribution in [3.05, 3.63) is 95.0 Å². The first-order chi connectivity index (χ1) is 46.7. The first-order valence-electron chi connectivity index (χ1n) is 28.7. The van der Waals surface area contributed by atoms with Gasteiger partial charge in [0.15, 0.2) is 0 Å². The predicted molar refractivity (Wildman–Crippen MR) is 488 cm³/mol. The molecule has 6 aromatic rings. The monoisotopic (exact) mass is 2230 g/mol. The van der Waals surface area contributed by atoms with Crippen molar-refractivity contribution in [2.45, 2.75) is 101 Å². The van der Waals surface area contributed by atoms with Crippen molar-refractivity contribution >= 4 is 327 Å². The van der Waals surface area contributed by atoms with Gasteiger partial charge in [-0.05, 0) is 171 Å². The summed E-state index contributed by atoms with van der Waals surface area (Å²) >= 11 is 17.7. The number of nitrogens with one attached hydrogen (secondary N) is 1. The number of nitrogens with zero attached hydrogens (tertiary/aromatic N) is 9. The Balaban J connectivity index is 0.000000678. The topological polar surface area (TPSA) is 167 Å². The second-order valence-corrected chi connectivity index (χ2v) is 128. The molecule has 17 unspecified atom stereocenters. The molecule has 0 radical (unpaired) electrons. The Labute approximate surface area is 775 Å². The molecule has 6 heterocycles. The number of alkyl halides is 8. The molecule has 17 atom stereocenters. The van der Waals surface area contributed by atoms with Crippen LogP contribution in [-0.4, -0.2) is 92.0 Å². The molecule has 4 aliphatic rings. The van der Waals surface area contributed by atoms with Crippen LogP contribution in [0.2, 0.25) is 10.0 Å². The number of benzene rings is 2. The number of aryl methyl sites for hydroxylation is 2. The summed E-state index contributed by atoms with van der Waals surface area (Å²) in [4.78, 5) is 58.7. The van der Waals surface area contributed by atoms with E-state index >= 15 is 0 Å². The van der Waals surface area contributed by atoms with E-state index in [-0.39, 0.29) is 299 Å². The summed E-state index contributed by atoms with van der Waals surface area (Å²) in [6.07, 6.45) is 1.24. The number of amides is 2. The third-order valence-corrected chi connectivity index (χ3v) is 191. The van der Waals surface area contributed by atoms with E-state index in [1.807, 2.05) is 12.1 Å². The third kappa shape index (κ3) is 35.2. The molecule has 0 saturated heterocycles. The van der Waals surface area contributed by atoms with E-state index in [9.17, 15) is 40.3 Å². The molecule has 2 aliphatic carbocycles. The first kappa shape index (κ1) is 105. The number of halogens is 11. The fourth-order valence-corrected chi connectivity index (χ4v) is 354. The van der Waals surface area contributed by atoms with Crippen LogP contribution < -0.4 is 163 Å². The Bertz CT molecular complexity index is 3520. The van der Waals surface area contributed by atoms with E-state index < -0.39 is 32.3 Å². The van der Waals surface area contributed by atoms with Gasteiger partial charge in [-0.15, -0.1) is 149 Å². The summed E-state index contributed by atoms with van der Waals surface area (Å²) in [5.74, 6) is 1.22. The van der Waals surface area contributed by atoms with E-state index in [0.29, 0.717) is 62.6 Å². The van der Waals surface area contributed by atoms with Gasteiger partial charge in [-0.2, -0.15) is 26.3 Å². The van der Waals surface area contributed by atoms with E-state index in [1.54, 1.807) is 75.2 Å². The predicted octanol–water partition coefficient (Wildman–Crippen LogP) is 19.8. The molecule has 0 bridgehead atoms. The number of carbonyl (C=O) groups is 3. The minimum Gasteiger partial charge on any atom is -1.00 e. The number of hydrogen-bond donors (Lipinski definition) is 1. The fraction of sp³-hybridized carbons (Fsp3) is 0.413. The van der Waals surface area contributed by atoms with E-state index in [1.165, 1.54) is 12.8 Å². The molecule has 2 fully saturated rings. The second-order valence-electron chi connectivity index (χ2n) is 20.5. The first-order valence-corrected chi connectivity index (χ1v) is 77.9. The number of aromatic nitrogens is 6. The van der Waals surface area contributed by atoms with E-state index in [2.05, 4.69) is 165 Å². The summed E-state index contributed by atoms with van der Waals surface area (Å²) in [6.45, 7) is 1.46. The number of rotatable bonds is 24. The van der Waals surface area contributed by atoms with Gasteiger partial charge in [0.1, 0.15) is 11.6 Å². The van der Waals surface area contributed by atoms with Gasteiger partial charge in [-0.1, -0.05) is 31.2 Å². The van der Waals surface area contributed by atoms with Crippen LogP contribution in [0.15, 0.2) is 73.3 Å². The second kappa shape index (κ2) is 54.4. The van der Waals surface area contributed by atoms with Crippen LogP contribution in [0.5, 0.6) is 0 Å². The zero-order valence-corrected chi connectivity index (χ0v) is 97.5. The van der Waals surface area contributed by atoms with Crippen LogP contribution >= 0.6 is 264 Å². The van der Waals surface area contributed by atoms with Gasteiger partial charge < -0.3 is 35.8 Å². The standard InChI is InChI=1S/C22H21ClF3N5O.C12H11Cl2F3N2.C10H11N3O.CH3F.CH2O3.ClH.2Cs.H29P27.H/c23-14-2-5-17-16(10-14)28-20(29(17)9-1-7-22(24,25)26)12-31-19-11-27-8-6-18(19)30(13-21(31)32)15-3-4-15;13-7-11-18-9-6-8(14)2-3-10(9)19(11)5-1-4-12(15,16)17;14-10-6-13(7-1-2-7)9-3-4-11-5-8(9)12-10;1-2;2-1-4-3;;;;1-15-22(14)26(23(16(2)3)17(4)5)27(24(18(6)7)19(8)9)25(20(10)11)21(12)13;/h2,5-6,8,10-11,15H,1,3-4,7,9,12-13H2;2-3,6H,1,4-5,7H2;3-5,7H,1-2,6H2,(H,12,14);1H3;1,3H;1H;;;15H,1-14H2;/q;;;;;;2*+1;;-1/p-1/i;;;1D;;;;;;. The maximum absolute atomic E-state index is 13.1. The number of imidazole rings is 2. The Morgan fingerprint density at radius 1 is 0.663 bits per heavy atom. The number of hydrogen-bond acceptors (Lipinski definition) is 11. The smallest absolute Gasteiger partial charge is 1.00 e. The largest absolute Gasteiger partial charge is 1.00 e. The van der Waals surface area contributed by atoms with E-state index in [0.717, 1.165) is 43.4 Å². The maximum Gasteiger partial charge on any atom is 1.00 e. The fourth-order valence-electron chi connectivity index (χ4n) is 9.51. The van der Waals surface area contributed by atoms with Crippen molar-refractivity contribution in [3.63, 3.8) is 0 Å². The van der Waals surface area contributed by atoms with Crippen LogP contribution in [0.3, 0.4) is 0 Å². The maximum atomic E-state index is 13.1. The molecule has 2 saturated carbocycles. The number of pyridine rings is 2. The van der Waals surface area contributed by atoms with Crippen molar-refractivity contribution in [1.82, 2.24) is 29.1 Å². The quantitative estimate of drug-likeness (QED) is 0.0153. The molecule has 2 amide bonds. The zero-order valence-electron chi connectivity index (χ0n) is 56.0. The average molecular weight is 2230 g/mol. The molecule has 4 aromatic heterocycles. The zero-order chi connectivity index (χ0) is 73.8. The van der Waals surface area contributed by atoms with Gasteiger partial charge in [0, 0.05) is 60.5 Å². The molecule has 556 valence electrons. The molecular weight excluding hydrogens is 2150 g/mol. The Morgan fingerprint density at radius 2 is 1.07 bits per heavy atom. The average Bonchev–Trinajstić information content (AvgIpc) is 1.75. The molecule has 101 heavy (non-hydrogen) atoms. The van der Waals surface area contributed by atoms with Gasteiger partial charge >= 0.3 is 150 Å². The van der Waals surface area contributed by atoms with Crippen molar-refractivity contribution in [2.75, 3.05) is 40.3 Å². The van der Waals surface area contributed by atoms with E-state index in [4.69, 9.17) is 46.2 Å². The summed E-state index contributed by atoms with van der Waals surface area (Å²) in [5.41, 5.74) is 6.29. The minimum absolute atomic E-state index is 0. The molecule has 15 nitrogen and oxygen atoms in total. The Hall–Kier alpha value is 10.0. The Kier molecular flexibility index (Phi) is 56.7. The van der Waals surface area contributed by atoms with Gasteiger partial charge in [0.05, 0.1) is 91.2 Å². The summed E-state index contributed by atoms with van der Waals surface area (Å²) in [7, 11) is 45.6. The van der Waals surface area contributed by atoms with Crippen LogP contribution in [0, 0.1) is 0 Å². The summed E-state index contributed by atoms with van der Waals surface area (Å²) in [5, 5.41) is 12.3. The molecular formula is C46H78Cl4Cs2F7N10O5P27. The molecule has 10 rings (SSSR count). The normalized spacial score (nSPS) is 15.2. The van der Waals surface area contributed by atoms with Crippen molar-refractivity contribution in [2.24, 2.45) is 0 Å². The Morgan fingerprint density at radius 3 is 1.48 bits per heavy atom. The van der Waals surface area contributed by atoms with Crippen LogP contribution in [0.1, 0.15) is 65.8 Å². The van der Waals surface area contributed by atoms with Crippen molar-refractivity contribution in [1.29, 1.82) is 0 Å². The van der Waals surface area contributed by atoms with Gasteiger partial charge in [0.25, 0.3) is 6.47 Å². The molecule has 2 aromatic carbocycles. The summed E-state index contributed by atoms with van der Waals surface area (Å²) in [6, 6.07) is 15.0. The molecule has 1 N–H and O–H groups in total. The van der Waals surface area contributed by atoms with Gasteiger partial charge in [0.2, 0.25) is 11.8 Å². The number of anilines is 4. The summed E-state index contributed by atoms with van der Waals surface area (Å²) < 4.78 is 93.7. The van der Waals surface area contributed by atoms with Crippen LogP contribution in [0.4, 0.5) is 53.5 Å². The molecule has 2 aliphatic heterocycles. The van der Waals surface area contributed by atoms with Crippen LogP contribution in [0.25, 0.3) is 22.1 Å². The molecule has 0 spiro atoms. The third-order valence-electron chi connectivity index (χ3n) is 13.6.